The monoisotopic (exact) mass is 318 g/mol. The van der Waals surface area contributed by atoms with Crippen LogP contribution in [0.15, 0.2) is 28.7 Å². The van der Waals surface area contributed by atoms with Crippen LogP contribution in [0.2, 0.25) is 0 Å². The third-order valence-corrected chi connectivity index (χ3v) is 4.19. The van der Waals surface area contributed by atoms with Gasteiger partial charge < -0.3 is 0 Å². The summed E-state index contributed by atoms with van der Waals surface area (Å²) in [6.07, 6.45) is 1.14. The second-order valence-corrected chi connectivity index (χ2v) is 5.46. The molecule has 0 saturated carbocycles. The van der Waals surface area contributed by atoms with Gasteiger partial charge in [0.1, 0.15) is 0 Å². The topological polar surface area (TPSA) is 0 Å². The van der Waals surface area contributed by atoms with Crippen LogP contribution in [0.1, 0.15) is 19.4 Å². The molecule has 0 spiro atoms. The van der Waals surface area contributed by atoms with Gasteiger partial charge in [0.25, 0.3) is 0 Å². The summed E-state index contributed by atoms with van der Waals surface area (Å²) in [6.45, 7) is 4.56. The maximum absolute atomic E-state index is 3.59. The van der Waals surface area contributed by atoms with Crippen LogP contribution in [-0.4, -0.2) is 5.33 Å². The summed E-state index contributed by atoms with van der Waals surface area (Å²) in [5, 5.41) is 1.08. The molecule has 1 aromatic carbocycles. The normalized spacial score (nSPS) is 13.2. The molecular weight excluding hydrogens is 304 g/mol. The predicted molar refractivity (Wildman–Crippen MR) is 70.0 cm³/mol. The maximum Gasteiger partial charge on any atom is 0.0207 e. The molecule has 0 amide bonds. The fraction of sp³-hybridized carbons (Fsp3) is 0.500. The molecule has 0 bridgehead atoms. The molecule has 0 aromatic heterocycles. The number of benzene rings is 1. The van der Waals surface area contributed by atoms with Crippen LogP contribution < -0.4 is 0 Å². The molecule has 78 valence electrons. The molecule has 0 saturated heterocycles. The van der Waals surface area contributed by atoms with Crippen molar-refractivity contribution in [2.24, 2.45) is 11.8 Å². The van der Waals surface area contributed by atoms with E-state index in [1.165, 1.54) is 10.0 Å². The van der Waals surface area contributed by atoms with E-state index in [4.69, 9.17) is 0 Å². The average molecular weight is 320 g/mol. The Morgan fingerprint density at radius 3 is 2.36 bits per heavy atom. The lowest BCUT2D eigenvalue weighted by atomic mass is 9.91. The van der Waals surface area contributed by atoms with E-state index in [0.29, 0.717) is 5.92 Å². The van der Waals surface area contributed by atoms with E-state index in [2.05, 4.69) is 70.0 Å². The highest BCUT2D eigenvalue weighted by Crippen LogP contribution is 2.24. The van der Waals surface area contributed by atoms with Gasteiger partial charge in [0.15, 0.2) is 0 Å². The summed E-state index contributed by atoms with van der Waals surface area (Å²) < 4.78 is 1.23. The number of alkyl halides is 1. The van der Waals surface area contributed by atoms with Crippen molar-refractivity contribution in [1.29, 1.82) is 0 Å². The summed E-state index contributed by atoms with van der Waals surface area (Å²) in [5.74, 6) is 1.44. The minimum atomic E-state index is 0.716. The summed E-state index contributed by atoms with van der Waals surface area (Å²) in [7, 11) is 0. The summed E-state index contributed by atoms with van der Waals surface area (Å²) in [5.41, 5.74) is 1.41. The molecule has 14 heavy (non-hydrogen) atoms. The fourth-order valence-electron chi connectivity index (χ4n) is 1.41. The third kappa shape index (κ3) is 3.39. The number of hydrogen-bond donors (Lipinski definition) is 0. The summed E-state index contributed by atoms with van der Waals surface area (Å²) >= 11 is 7.17. The molecule has 2 heteroatoms. The van der Waals surface area contributed by atoms with Gasteiger partial charge >= 0.3 is 0 Å². The highest BCUT2D eigenvalue weighted by molar-refractivity contribution is 9.10. The molecule has 1 unspecified atom stereocenters. The highest BCUT2D eigenvalue weighted by Gasteiger charge is 2.13. The van der Waals surface area contributed by atoms with Gasteiger partial charge in [-0.3, -0.25) is 0 Å². The van der Waals surface area contributed by atoms with Gasteiger partial charge in [-0.15, -0.1) is 0 Å². The molecule has 0 aliphatic rings. The van der Waals surface area contributed by atoms with Crippen LogP contribution in [0.4, 0.5) is 0 Å². The Bertz CT molecular complexity index is 281. The molecular formula is C12H16Br2. The minimum absolute atomic E-state index is 0.716. The van der Waals surface area contributed by atoms with Crippen LogP contribution in [0.5, 0.6) is 0 Å². The zero-order valence-electron chi connectivity index (χ0n) is 8.63. The Kier molecular flexibility index (Phi) is 5.18. The van der Waals surface area contributed by atoms with Crippen molar-refractivity contribution in [1.82, 2.24) is 0 Å². The summed E-state index contributed by atoms with van der Waals surface area (Å²) in [6, 6.07) is 8.47. The van der Waals surface area contributed by atoms with Crippen molar-refractivity contribution in [3.05, 3.63) is 34.3 Å². The van der Waals surface area contributed by atoms with E-state index in [1.807, 2.05) is 0 Å². The standard InChI is InChI=1S/C12H16Br2/c1-9(2)11(8-13)7-10-5-3-4-6-12(10)14/h3-6,9,11H,7-8H2,1-2H3. The Morgan fingerprint density at radius 1 is 1.21 bits per heavy atom. The molecule has 0 aliphatic carbocycles. The Morgan fingerprint density at radius 2 is 1.86 bits per heavy atom. The molecule has 1 rings (SSSR count). The molecule has 0 heterocycles. The first-order chi connectivity index (χ1) is 6.65. The second-order valence-electron chi connectivity index (χ2n) is 3.95. The first-order valence-electron chi connectivity index (χ1n) is 4.94. The number of hydrogen-bond acceptors (Lipinski definition) is 0. The second kappa shape index (κ2) is 5.92. The highest BCUT2D eigenvalue weighted by atomic mass is 79.9. The Labute approximate surface area is 103 Å². The Balaban J connectivity index is 2.72. The largest absolute Gasteiger partial charge is 0.0925 e. The average Bonchev–Trinajstić information content (AvgIpc) is 2.16. The molecule has 0 fully saturated rings. The number of rotatable bonds is 4. The Hall–Kier alpha value is 0.180. The van der Waals surface area contributed by atoms with Crippen LogP contribution in [0.3, 0.4) is 0 Å². The SMILES string of the molecule is CC(C)C(CBr)Cc1ccccc1Br. The van der Waals surface area contributed by atoms with E-state index >= 15 is 0 Å². The first kappa shape index (κ1) is 12.3. The van der Waals surface area contributed by atoms with Crippen molar-refractivity contribution >= 4 is 31.9 Å². The van der Waals surface area contributed by atoms with Gasteiger partial charge in [-0.25, -0.2) is 0 Å². The lowest BCUT2D eigenvalue weighted by Gasteiger charge is -2.18. The zero-order chi connectivity index (χ0) is 10.6. The van der Waals surface area contributed by atoms with E-state index < -0.39 is 0 Å². The molecule has 0 nitrogen and oxygen atoms in total. The van der Waals surface area contributed by atoms with Gasteiger partial charge in [-0.1, -0.05) is 63.9 Å². The molecule has 0 N–H and O–H groups in total. The first-order valence-corrected chi connectivity index (χ1v) is 6.86. The van der Waals surface area contributed by atoms with Crippen molar-refractivity contribution in [2.45, 2.75) is 20.3 Å². The van der Waals surface area contributed by atoms with E-state index in [9.17, 15) is 0 Å². The lowest BCUT2D eigenvalue weighted by molar-refractivity contribution is 0.426. The predicted octanol–water partition coefficient (Wildman–Crippen LogP) is 4.66. The van der Waals surface area contributed by atoms with Crippen LogP contribution in [-0.2, 0) is 6.42 Å². The minimum Gasteiger partial charge on any atom is -0.0925 e. The molecule has 1 aromatic rings. The maximum atomic E-state index is 3.59. The lowest BCUT2D eigenvalue weighted by Crippen LogP contribution is -2.13. The van der Waals surface area contributed by atoms with Crippen molar-refractivity contribution in [3.63, 3.8) is 0 Å². The molecule has 0 radical (unpaired) electrons. The number of halogens is 2. The molecule has 0 aliphatic heterocycles. The van der Waals surface area contributed by atoms with Gasteiger partial charge in [0.05, 0.1) is 0 Å². The van der Waals surface area contributed by atoms with Crippen LogP contribution >= 0.6 is 31.9 Å². The quantitative estimate of drug-likeness (QED) is 0.708. The fourth-order valence-corrected chi connectivity index (χ4v) is 2.84. The van der Waals surface area contributed by atoms with Crippen LogP contribution in [0, 0.1) is 11.8 Å². The molecule has 1 atom stereocenters. The third-order valence-electron chi connectivity index (χ3n) is 2.58. The zero-order valence-corrected chi connectivity index (χ0v) is 11.8. The van der Waals surface area contributed by atoms with E-state index in [-0.39, 0.29) is 0 Å². The van der Waals surface area contributed by atoms with Gasteiger partial charge in [-0.05, 0) is 29.9 Å². The van der Waals surface area contributed by atoms with Gasteiger partial charge in [0.2, 0.25) is 0 Å². The smallest absolute Gasteiger partial charge is 0.0207 e. The van der Waals surface area contributed by atoms with E-state index in [1.54, 1.807) is 0 Å². The van der Waals surface area contributed by atoms with Crippen molar-refractivity contribution < 1.29 is 0 Å². The van der Waals surface area contributed by atoms with E-state index in [0.717, 1.165) is 17.7 Å². The van der Waals surface area contributed by atoms with Gasteiger partial charge in [-0.2, -0.15) is 0 Å². The van der Waals surface area contributed by atoms with Crippen molar-refractivity contribution in [3.8, 4) is 0 Å². The van der Waals surface area contributed by atoms with Crippen molar-refractivity contribution in [2.75, 3.05) is 5.33 Å². The summed E-state index contributed by atoms with van der Waals surface area (Å²) in [4.78, 5) is 0. The van der Waals surface area contributed by atoms with Crippen LogP contribution in [0.25, 0.3) is 0 Å². The van der Waals surface area contributed by atoms with Gasteiger partial charge in [0, 0.05) is 9.80 Å².